The number of piperidine rings is 1. The molecule has 0 radical (unpaired) electrons. The number of anilines is 1. The maximum Gasteiger partial charge on any atom is 0.410 e. The van der Waals surface area contributed by atoms with Crippen LogP contribution in [-0.4, -0.2) is 23.1 Å². The number of nitrogens with zero attached hydrogens (tertiary/aromatic N) is 1. The van der Waals surface area contributed by atoms with Gasteiger partial charge in [0.15, 0.2) is 11.6 Å². The minimum atomic E-state index is -0.848. The summed E-state index contributed by atoms with van der Waals surface area (Å²) in [5, 5.41) is 3.21. The quantitative estimate of drug-likeness (QED) is 0.678. The predicted octanol–water partition coefficient (Wildman–Crippen LogP) is 6.04. The Morgan fingerprint density at radius 2 is 1.83 bits per heavy atom. The molecule has 3 rings (SSSR count). The first kappa shape index (κ1) is 21.1. The van der Waals surface area contributed by atoms with E-state index in [1.807, 2.05) is 49.9 Å². The Morgan fingerprint density at radius 1 is 1.10 bits per heavy atom. The Bertz CT molecular complexity index is 847. The highest BCUT2D eigenvalue weighted by Crippen LogP contribution is 2.32. The van der Waals surface area contributed by atoms with E-state index in [-0.39, 0.29) is 12.1 Å². The summed E-state index contributed by atoms with van der Waals surface area (Å²) in [6.07, 6.45) is 2.67. The van der Waals surface area contributed by atoms with Crippen molar-refractivity contribution in [3.8, 4) is 0 Å². The molecule has 1 atom stereocenters. The first-order chi connectivity index (χ1) is 13.7. The summed E-state index contributed by atoms with van der Waals surface area (Å²) in [5.74, 6) is -1.70. The molecule has 1 aliphatic rings. The third-order valence-electron chi connectivity index (χ3n) is 4.91. The highest BCUT2D eigenvalue weighted by molar-refractivity contribution is 5.69. The number of likely N-dealkylation sites (tertiary alicyclic amines) is 1. The van der Waals surface area contributed by atoms with Crippen molar-refractivity contribution >= 4 is 11.8 Å². The Kier molecular flexibility index (Phi) is 6.40. The van der Waals surface area contributed by atoms with Gasteiger partial charge in [-0.2, -0.15) is 0 Å². The number of halogens is 2. The highest BCUT2D eigenvalue weighted by Gasteiger charge is 2.31. The standard InChI is InChI=1S/C23H28F2N2O2/c1-23(2,3)29-22(28)27-13-5-4-6-21(27)17-8-10-18(11-9-17)26-15-16-7-12-19(24)20(25)14-16/h7-12,14,21,26H,4-6,13,15H2,1-3H3. The number of hydrogen-bond donors (Lipinski definition) is 1. The number of carbonyl (C=O) groups is 1. The zero-order valence-electron chi connectivity index (χ0n) is 17.2. The Hall–Kier alpha value is -2.63. The third-order valence-corrected chi connectivity index (χ3v) is 4.91. The zero-order chi connectivity index (χ0) is 21.0. The molecule has 2 aromatic rings. The maximum absolute atomic E-state index is 13.3. The van der Waals surface area contributed by atoms with Gasteiger partial charge >= 0.3 is 6.09 Å². The number of ether oxygens (including phenoxy) is 1. The summed E-state index contributed by atoms with van der Waals surface area (Å²) in [6, 6.07) is 11.8. The molecule has 1 saturated heterocycles. The lowest BCUT2D eigenvalue weighted by Crippen LogP contribution is -2.41. The van der Waals surface area contributed by atoms with E-state index in [9.17, 15) is 13.6 Å². The van der Waals surface area contributed by atoms with Gasteiger partial charge < -0.3 is 15.0 Å². The van der Waals surface area contributed by atoms with Crippen molar-refractivity contribution < 1.29 is 18.3 Å². The van der Waals surface area contributed by atoms with Crippen LogP contribution in [0.2, 0.25) is 0 Å². The molecule has 0 aliphatic carbocycles. The lowest BCUT2D eigenvalue weighted by molar-refractivity contribution is 0.00951. The Labute approximate surface area is 170 Å². The molecule has 0 aromatic heterocycles. The molecule has 1 fully saturated rings. The number of benzene rings is 2. The van der Waals surface area contributed by atoms with E-state index in [4.69, 9.17) is 4.74 Å². The summed E-state index contributed by atoms with van der Waals surface area (Å²) in [5.41, 5.74) is 2.08. The normalized spacial score (nSPS) is 17.1. The molecule has 29 heavy (non-hydrogen) atoms. The number of amides is 1. The molecule has 1 amide bonds. The van der Waals surface area contributed by atoms with E-state index in [1.165, 1.54) is 6.07 Å². The molecule has 1 heterocycles. The van der Waals surface area contributed by atoms with E-state index >= 15 is 0 Å². The fourth-order valence-corrected chi connectivity index (χ4v) is 3.49. The highest BCUT2D eigenvalue weighted by atomic mass is 19.2. The summed E-state index contributed by atoms with van der Waals surface area (Å²) < 4.78 is 31.9. The predicted molar refractivity (Wildman–Crippen MR) is 110 cm³/mol. The van der Waals surface area contributed by atoms with Gasteiger partial charge in [-0.1, -0.05) is 18.2 Å². The SMILES string of the molecule is CC(C)(C)OC(=O)N1CCCCC1c1ccc(NCc2ccc(F)c(F)c2)cc1. The molecule has 1 N–H and O–H groups in total. The van der Waals surface area contributed by atoms with Crippen LogP contribution in [0.3, 0.4) is 0 Å². The van der Waals surface area contributed by atoms with Crippen LogP contribution >= 0.6 is 0 Å². The molecule has 0 saturated carbocycles. The van der Waals surface area contributed by atoms with Crippen LogP contribution in [0.15, 0.2) is 42.5 Å². The summed E-state index contributed by atoms with van der Waals surface area (Å²) in [6.45, 7) is 6.70. The molecular formula is C23H28F2N2O2. The van der Waals surface area contributed by atoms with Crippen molar-refractivity contribution in [2.24, 2.45) is 0 Å². The lowest BCUT2D eigenvalue weighted by atomic mass is 9.95. The third kappa shape index (κ3) is 5.68. The maximum atomic E-state index is 13.3. The van der Waals surface area contributed by atoms with E-state index in [2.05, 4.69) is 5.32 Å². The molecule has 4 nitrogen and oxygen atoms in total. The van der Waals surface area contributed by atoms with Gasteiger partial charge in [-0.3, -0.25) is 0 Å². The van der Waals surface area contributed by atoms with Gasteiger partial charge in [0.25, 0.3) is 0 Å². The van der Waals surface area contributed by atoms with Crippen LogP contribution < -0.4 is 5.32 Å². The molecule has 6 heteroatoms. The summed E-state index contributed by atoms with van der Waals surface area (Å²) in [4.78, 5) is 14.4. The first-order valence-electron chi connectivity index (χ1n) is 10.0. The minimum Gasteiger partial charge on any atom is -0.444 e. The number of carbonyl (C=O) groups excluding carboxylic acids is 1. The molecule has 156 valence electrons. The molecule has 0 spiro atoms. The molecular weight excluding hydrogens is 374 g/mol. The van der Waals surface area contributed by atoms with Gasteiger partial charge in [0.2, 0.25) is 0 Å². The van der Waals surface area contributed by atoms with Crippen LogP contribution in [-0.2, 0) is 11.3 Å². The second-order valence-corrected chi connectivity index (χ2v) is 8.41. The lowest BCUT2D eigenvalue weighted by Gasteiger charge is -2.37. The van der Waals surface area contributed by atoms with Crippen LogP contribution in [0.1, 0.15) is 57.2 Å². The number of nitrogens with one attached hydrogen (secondary N) is 1. The van der Waals surface area contributed by atoms with E-state index < -0.39 is 17.2 Å². The first-order valence-corrected chi connectivity index (χ1v) is 10.0. The molecule has 2 aromatic carbocycles. The fourth-order valence-electron chi connectivity index (χ4n) is 3.49. The topological polar surface area (TPSA) is 41.6 Å². The number of hydrogen-bond acceptors (Lipinski definition) is 3. The van der Waals surface area contributed by atoms with E-state index in [1.54, 1.807) is 6.07 Å². The molecule has 0 bridgehead atoms. The zero-order valence-corrected chi connectivity index (χ0v) is 17.2. The van der Waals surface area contributed by atoms with Gasteiger partial charge in [-0.15, -0.1) is 0 Å². The van der Waals surface area contributed by atoms with Gasteiger partial charge in [-0.25, -0.2) is 13.6 Å². The van der Waals surface area contributed by atoms with Gasteiger partial charge in [0.05, 0.1) is 6.04 Å². The second kappa shape index (κ2) is 8.80. The molecule has 1 aliphatic heterocycles. The average Bonchev–Trinajstić information content (AvgIpc) is 2.68. The van der Waals surface area contributed by atoms with Crippen molar-refractivity contribution in [2.45, 2.75) is 58.2 Å². The monoisotopic (exact) mass is 402 g/mol. The fraction of sp³-hybridized carbons (Fsp3) is 0.435. The van der Waals surface area contributed by atoms with Crippen molar-refractivity contribution in [3.63, 3.8) is 0 Å². The van der Waals surface area contributed by atoms with Gasteiger partial charge in [0.1, 0.15) is 5.60 Å². The largest absolute Gasteiger partial charge is 0.444 e. The van der Waals surface area contributed by atoms with Gasteiger partial charge in [-0.05, 0) is 75.4 Å². The Morgan fingerprint density at radius 3 is 2.48 bits per heavy atom. The van der Waals surface area contributed by atoms with Crippen LogP contribution in [0.5, 0.6) is 0 Å². The van der Waals surface area contributed by atoms with Crippen molar-refractivity contribution in [3.05, 3.63) is 65.2 Å². The summed E-state index contributed by atoms with van der Waals surface area (Å²) in [7, 11) is 0. The van der Waals surface area contributed by atoms with Crippen molar-refractivity contribution in [1.29, 1.82) is 0 Å². The van der Waals surface area contributed by atoms with E-state index in [0.29, 0.717) is 18.7 Å². The van der Waals surface area contributed by atoms with Crippen LogP contribution in [0, 0.1) is 11.6 Å². The van der Waals surface area contributed by atoms with Crippen molar-refractivity contribution in [1.82, 2.24) is 4.90 Å². The smallest absolute Gasteiger partial charge is 0.410 e. The van der Waals surface area contributed by atoms with E-state index in [0.717, 1.165) is 36.6 Å². The summed E-state index contributed by atoms with van der Waals surface area (Å²) >= 11 is 0. The number of rotatable bonds is 4. The second-order valence-electron chi connectivity index (χ2n) is 8.41. The van der Waals surface area contributed by atoms with Gasteiger partial charge in [0, 0.05) is 18.8 Å². The molecule has 1 unspecified atom stereocenters. The van der Waals surface area contributed by atoms with Crippen LogP contribution in [0.4, 0.5) is 19.3 Å². The average molecular weight is 402 g/mol. The Balaban J connectivity index is 1.65. The van der Waals surface area contributed by atoms with Crippen molar-refractivity contribution in [2.75, 3.05) is 11.9 Å². The minimum absolute atomic E-state index is 0.00107. The van der Waals surface area contributed by atoms with Crippen LogP contribution in [0.25, 0.3) is 0 Å².